The molecule has 0 spiro atoms. The molecule has 0 bridgehead atoms. The number of aliphatic hydroxyl groups excluding tert-OH is 1. The van der Waals surface area contributed by atoms with Crippen molar-refractivity contribution in [2.24, 2.45) is 0 Å². The Bertz CT molecular complexity index is 716. The van der Waals surface area contributed by atoms with Crippen LogP contribution in [0.5, 0.6) is 0 Å². The summed E-state index contributed by atoms with van der Waals surface area (Å²) in [5.41, 5.74) is 1.68. The predicted octanol–water partition coefficient (Wildman–Crippen LogP) is 2.85. The number of rotatable bonds is 7. The standard InChI is InChI=1S/C20H24N2O3/c1-3-17(12-13-23)21-19(24)15-8-7-9-16(14-15)20(25)22(2)18-10-5-4-6-11-18/h4-11,14,17,23H,3,12-13H2,1-2H3,(H,21,24). The highest BCUT2D eigenvalue weighted by Gasteiger charge is 2.16. The molecule has 2 amide bonds. The summed E-state index contributed by atoms with van der Waals surface area (Å²) >= 11 is 0. The molecule has 0 saturated carbocycles. The molecule has 1 unspecified atom stereocenters. The number of hydrogen-bond acceptors (Lipinski definition) is 3. The third kappa shape index (κ3) is 4.90. The van der Waals surface area contributed by atoms with E-state index < -0.39 is 0 Å². The Hall–Kier alpha value is -2.66. The number of nitrogens with one attached hydrogen (secondary N) is 1. The molecule has 2 rings (SSSR count). The number of amides is 2. The van der Waals surface area contributed by atoms with Gasteiger partial charge in [-0.2, -0.15) is 0 Å². The van der Waals surface area contributed by atoms with Crippen molar-refractivity contribution >= 4 is 17.5 Å². The van der Waals surface area contributed by atoms with E-state index in [2.05, 4.69) is 5.32 Å². The molecule has 0 fully saturated rings. The highest BCUT2D eigenvalue weighted by molar-refractivity contribution is 6.07. The maximum absolute atomic E-state index is 12.7. The van der Waals surface area contributed by atoms with Gasteiger partial charge < -0.3 is 15.3 Å². The fourth-order valence-corrected chi connectivity index (χ4v) is 2.56. The second-order valence-corrected chi connectivity index (χ2v) is 5.87. The Morgan fingerprint density at radius 3 is 2.40 bits per heavy atom. The number of anilines is 1. The lowest BCUT2D eigenvalue weighted by Crippen LogP contribution is -2.35. The number of nitrogens with zero attached hydrogens (tertiary/aromatic N) is 1. The van der Waals surface area contributed by atoms with Gasteiger partial charge in [-0.15, -0.1) is 0 Å². The van der Waals surface area contributed by atoms with Gasteiger partial charge in [-0.05, 0) is 43.2 Å². The smallest absolute Gasteiger partial charge is 0.258 e. The predicted molar refractivity (Wildman–Crippen MR) is 98.9 cm³/mol. The Kier molecular flexibility index (Phi) is 6.71. The normalized spacial score (nSPS) is 11.6. The maximum Gasteiger partial charge on any atom is 0.258 e. The van der Waals surface area contributed by atoms with Gasteiger partial charge in [-0.25, -0.2) is 0 Å². The Morgan fingerprint density at radius 1 is 1.08 bits per heavy atom. The number of carbonyl (C=O) groups excluding carboxylic acids is 2. The maximum atomic E-state index is 12.7. The van der Waals surface area contributed by atoms with Crippen LogP contribution in [0.2, 0.25) is 0 Å². The second-order valence-electron chi connectivity index (χ2n) is 5.87. The van der Waals surface area contributed by atoms with Crippen molar-refractivity contribution in [2.45, 2.75) is 25.8 Å². The molecule has 2 aromatic carbocycles. The molecule has 132 valence electrons. The van der Waals surface area contributed by atoms with Crippen LogP contribution in [0.15, 0.2) is 54.6 Å². The second kappa shape index (κ2) is 8.99. The first kappa shape index (κ1) is 18.7. The van der Waals surface area contributed by atoms with Crippen molar-refractivity contribution < 1.29 is 14.7 Å². The molecule has 25 heavy (non-hydrogen) atoms. The van der Waals surface area contributed by atoms with Crippen LogP contribution in [-0.2, 0) is 0 Å². The first-order valence-electron chi connectivity index (χ1n) is 8.41. The lowest BCUT2D eigenvalue weighted by molar-refractivity contribution is 0.0929. The summed E-state index contributed by atoms with van der Waals surface area (Å²) in [4.78, 5) is 26.6. The minimum absolute atomic E-state index is 0.0270. The lowest BCUT2D eigenvalue weighted by Gasteiger charge is -2.18. The van der Waals surface area contributed by atoms with E-state index in [1.54, 1.807) is 36.2 Å². The molecular weight excluding hydrogens is 316 g/mol. The van der Waals surface area contributed by atoms with Crippen LogP contribution in [0.4, 0.5) is 5.69 Å². The minimum Gasteiger partial charge on any atom is -0.396 e. The largest absolute Gasteiger partial charge is 0.396 e. The molecular formula is C20H24N2O3. The summed E-state index contributed by atoms with van der Waals surface area (Å²) in [5, 5.41) is 11.9. The van der Waals surface area contributed by atoms with Gasteiger partial charge in [0.25, 0.3) is 11.8 Å². The van der Waals surface area contributed by atoms with Crippen LogP contribution in [0.25, 0.3) is 0 Å². The number of carbonyl (C=O) groups is 2. The van der Waals surface area contributed by atoms with Gasteiger partial charge in [0.05, 0.1) is 0 Å². The van der Waals surface area contributed by atoms with Crippen LogP contribution in [0.3, 0.4) is 0 Å². The Labute approximate surface area is 148 Å². The number of benzene rings is 2. The molecule has 0 aromatic heterocycles. The van der Waals surface area contributed by atoms with Gasteiger partial charge in [0.2, 0.25) is 0 Å². The van der Waals surface area contributed by atoms with Crippen LogP contribution in [0.1, 0.15) is 40.5 Å². The average Bonchev–Trinajstić information content (AvgIpc) is 2.67. The molecule has 0 heterocycles. The first-order valence-corrected chi connectivity index (χ1v) is 8.41. The van der Waals surface area contributed by atoms with E-state index in [-0.39, 0.29) is 24.5 Å². The Morgan fingerprint density at radius 2 is 1.76 bits per heavy atom. The lowest BCUT2D eigenvalue weighted by atomic mass is 10.1. The van der Waals surface area contributed by atoms with E-state index in [9.17, 15) is 9.59 Å². The average molecular weight is 340 g/mol. The summed E-state index contributed by atoms with van der Waals surface area (Å²) in [5.74, 6) is -0.416. The summed E-state index contributed by atoms with van der Waals surface area (Å²) in [6.07, 6.45) is 1.25. The van der Waals surface area contributed by atoms with E-state index >= 15 is 0 Å². The van der Waals surface area contributed by atoms with E-state index in [0.29, 0.717) is 17.5 Å². The van der Waals surface area contributed by atoms with E-state index in [1.165, 1.54) is 0 Å². The van der Waals surface area contributed by atoms with Gasteiger partial charge in [0.15, 0.2) is 0 Å². The van der Waals surface area contributed by atoms with Crippen molar-refractivity contribution in [1.29, 1.82) is 0 Å². The third-order valence-electron chi connectivity index (χ3n) is 4.13. The fourth-order valence-electron chi connectivity index (χ4n) is 2.56. The first-order chi connectivity index (χ1) is 12.1. The molecule has 0 aliphatic carbocycles. The number of hydrogen-bond donors (Lipinski definition) is 2. The molecule has 5 heteroatoms. The minimum atomic E-state index is -0.239. The third-order valence-corrected chi connectivity index (χ3v) is 4.13. The van der Waals surface area contributed by atoms with Crippen molar-refractivity contribution in [3.8, 4) is 0 Å². The van der Waals surface area contributed by atoms with Gasteiger partial charge in [0, 0.05) is 36.5 Å². The molecule has 0 aliphatic heterocycles. The number of aliphatic hydroxyl groups is 1. The van der Waals surface area contributed by atoms with Gasteiger partial charge in [-0.1, -0.05) is 31.2 Å². The van der Waals surface area contributed by atoms with Crippen molar-refractivity contribution in [3.63, 3.8) is 0 Å². The molecule has 2 N–H and O–H groups in total. The van der Waals surface area contributed by atoms with Crippen molar-refractivity contribution in [1.82, 2.24) is 5.32 Å². The van der Waals surface area contributed by atoms with Crippen molar-refractivity contribution in [2.75, 3.05) is 18.6 Å². The molecule has 0 saturated heterocycles. The molecule has 5 nitrogen and oxygen atoms in total. The highest BCUT2D eigenvalue weighted by atomic mass is 16.3. The van der Waals surface area contributed by atoms with E-state index in [0.717, 1.165) is 12.1 Å². The summed E-state index contributed by atoms with van der Waals surface area (Å²) in [6.45, 7) is 1.98. The summed E-state index contributed by atoms with van der Waals surface area (Å²) in [7, 11) is 1.71. The van der Waals surface area contributed by atoms with Crippen LogP contribution in [-0.4, -0.2) is 36.6 Å². The van der Waals surface area contributed by atoms with Gasteiger partial charge in [0.1, 0.15) is 0 Å². The quantitative estimate of drug-likeness (QED) is 0.814. The van der Waals surface area contributed by atoms with E-state index in [1.807, 2.05) is 37.3 Å². The molecule has 0 radical (unpaired) electrons. The van der Waals surface area contributed by atoms with Gasteiger partial charge in [-0.3, -0.25) is 9.59 Å². The van der Waals surface area contributed by atoms with E-state index in [4.69, 9.17) is 5.11 Å². The zero-order valence-electron chi connectivity index (χ0n) is 14.6. The molecule has 0 aliphatic rings. The zero-order chi connectivity index (χ0) is 18.2. The SMILES string of the molecule is CCC(CCO)NC(=O)c1cccc(C(=O)N(C)c2ccccc2)c1. The van der Waals surface area contributed by atoms with Crippen LogP contribution in [0, 0.1) is 0 Å². The Balaban J connectivity index is 2.15. The van der Waals surface area contributed by atoms with Crippen molar-refractivity contribution in [3.05, 3.63) is 65.7 Å². The summed E-state index contributed by atoms with van der Waals surface area (Å²) in [6, 6.07) is 15.9. The van der Waals surface area contributed by atoms with Crippen LogP contribution < -0.4 is 10.2 Å². The van der Waals surface area contributed by atoms with Crippen LogP contribution >= 0.6 is 0 Å². The topological polar surface area (TPSA) is 69.6 Å². The number of para-hydroxylation sites is 1. The summed E-state index contributed by atoms with van der Waals surface area (Å²) < 4.78 is 0. The fraction of sp³-hybridized carbons (Fsp3) is 0.300. The zero-order valence-corrected chi connectivity index (χ0v) is 14.6. The van der Waals surface area contributed by atoms with Gasteiger partial charge >= 0.3 is 0 Å². The highest BCUT2D eigenvalue weighted by Crippen LogP contribution is 2.16. The molecule has 1 atom stereocenters. The molecule has 2 aromatic rings. The monoisotopic (exact) mass is 340 g/mol.